The Morgan fingerprint density at radius 2 is 1.92 bits per heavy atom. The van der Waals surface area contributed by atoms with E-state index in [0.29, 0.717) is 13.1 Å². The molecule has 0 aromatic heterocycles. The molecule has 1 atom stereocenters. The van der Waals surface area contributed by atoms with Gasteiger partial charge in [0.1, 0.15) is 0 Å². The first-order chi connectivity index (χ1) is 11.6. The molecule has 1 heterocycles. The van der Waals surface area contributed by atoms with E-state index in [9.17, 15) is 4.79 Å². The monoisotopic (exact) mass is 334 g/mol. The van der Waals surface area contributed by atoms with E-state index in [0.717, 1.165) is 32.7 Å². The van der Waals surface area contributed by atoms with Gasteiger partial charge in [0.15, 0.2) is 0 Å². The van der Waals surface area contributed by atoms with Gasteiger partial charge in [-0.1, -0.05) is 18.2 Å². The molecule has 0 radical (unpaired) electrons. The van der Waals surface area contributed by atoms with Crippen molar-refractivity contribution in [2.75, 3.05) is 57.3 Å². The fraction of sp³-hybridized carbons (Fsp3) is 0.611. The molecule has 2 rings (SSSR count). The van der Waals surface area contributed by atoms with Crippen molar-refractivity contribution in [3.63, 3.8) is 0 Å². The Morgan fingerprint density at radius 3 is 2.50 bits per heavy atom. The van der Waals surface area contributed by atoms with Gasteiger partial charge in [0.2, 0.25) is 0 Å². The SMILES string of the molecule is CCN(CCO)C(=O)NC(C)CN1CCN(c2ccccc2)CC1. The maximum atomic E-state index is 12.1. The molecule has 24 heavy (non-hydrogen) atoms. The Hall–Kier alpha value is -1.79. The average Bonchev–Trinajstić information content (AvgIpc) is 2.60. The van der Waals surface area contributed by atoms with E-state index in [4.69, 9.17) is 5.11 Å². The molecule has 1 saturated heterocycles. The fourth-order valence-electron chi connectivity index (χ4n) is 3.09. The Bertz CT molecular complexity index is 489. The molecule has 1 aromatic rings. The lowest BCUT2D eigenvalue weighted by Crippen LogP contribution is -2.52. The van der Waals surface area contributed by atoms with Gasteiger partial charge in [-0.25, -0.2) is 4.79 Å². The molecule has 1 aromatic carbocycles. The first kappa shape index (κ1) is 18.5. The minimum absolute atomic E-state index is 0.00289. The van der Waals surface area contributed by atoms with Gasteiger partial charge < -0.3 is 20.2 Å². The quantitative estimate of drug-likeness (QED) is 0.787. The number of carbonyl (C=O) groups excluding carboxylic acids is 1. The number of aliphatic hydroxyl groups is 1. The lowest BCUT2D eigenvalue weighted by atomic mass is 10.2. The summed E-state index contributed by atoms with van der Waals surface area (Å²) >= 11 is 0. The summed E-state index contributed by atoms with van der Waals surface area (Å²) in [5.74, 6) is 0. The van der Waals surface area contributed by atoms with Crippen molar-refractivity contribution in [3.05, 3.63) is 30.3 Å². The van der Waals surface area contributed by atoms with E-state index in [1.165, 1.54) is 5.69 Å². The number of hydrogen-bond donors (Lipinski definition) is 2. The van der Waals surface area contributed by atoms with Crippen molar-refractivity contribution < 1.29 is 9.90 Å². The van der Waals surface area contributed by atoms with E-state index in [1.54, 1.807) is 4.90 Å². The van der Waals surface area contributed by atoms with Crippen LogP contribution in [0.15, 0.2) is 30.3 Å². The van der Waals surface area contributed by atoms with Gasteiger partial charge in [0.25, 0.3) is 0 Å². The van der Waals surface area contributed by atoms with Crippen LogP contribution >= 0.6 is 0 Å². The Kier molecular flexibility index (Phi) is 7.34. The number of piperazine rings is 1. The summed E-state index contributed by atoms with van der Waals surface area (Å²) in [6.45, 7) is 9.82. The molecule has 6 heteroatoms. The van der Waals surface area contributed by atoms with Crippen LogP contribution in [-0.4, -0.2) is 79.4 Å². The highest BCUT2D eigenvalue weighted by Gasteiger charge is 2.20. The number of aliphatic hydroxyl groups excluding tert-OH is 1. The van der Waals surface area contributed by atoms with Crippen molar-refractivity contribution in [2.24, 2.45) is 0 Å². The normalized spacial score (nSPS) is 16.7. The summed E-state index contributed by atoms with van der Waals surface area (Å²) in [7, 11) is 0. The lowest BCUT2D eigenvalue weighted by molar-refractivity contribution is 0.172. The number of rotatable bonds is 7. The number of urea groups is 1. The number of carbonyl (C=O) groups is 1. The van der Waals surface area contributed by atoms with Gasteiger partial charge in [-0.15, -0.1) is 0 Å². The Labute approximate surface area is 145 Å². The van der Waals surface area contributed by atoms with Crippen molar-refractivity contribution in [1.29, 1.82) is 0 Å². The highest BCUT2D eigenvalue weighted by atomic mass is 16.3. The number of benzene rings is 1. The molecule has 0 aliphatic carbocycles. The maximum absolute atomic E-state index is 12.1. The molecular weight excluding hydrogens is 304 g/mol. The van der Waals surface area contributed by atoms with Crippen LogP contribution in [0, 0.1) is 0 Å². The zero-order valence-electron chi connectivity index (χ0n) is 14.8. The second kappa shape index (κ2) is 9.49. The third-order valence-electron chi connectivity index (χ3n) is 4.43. The number of amides is 2. The molecule has 1 aliphatic rings. The average molecular weight is 334 g/mol. The lowest BCUT2D eigenvalue weighted by Gasteiger charge is -2.37. The maximum Gasteiger partial charge on any atom is 0.317 e. The first-order valence-electron chi connectivity index (χ1n) is 8.82. The van der Waals surface area contributed by atoms with Crippen molar-refractivity contribution in [2.45, 2.75) is 19.9 Å². The van der Waals surface area contributed by atoms with Gasteiger partial charge in [-0.2, -0.15) is 0 Å². The number of likely N-dealkylation sites (N-methyl/N-ethyl adjacent to an activating group) is 1. The van der Waals surface area contributed by atoms with Gasteiger partial charge in [-0.05, 0) is 26.0 Å². The summed E-state index contributed by atoms with van der Waals surface area (Å²) in [5.41, 5.74) is 1.28. The van der Waals surface area contributed by atoms with Crippen LogP contribution in [-0.2, 0) is 0 Å². The number of nitrogens with one attached hydrogen (secondary N) is 1. The molecule has 2 N–H and O–H groups in total. The third-order valence-corrected chi connectivity index (χ3v) is 4.43. The van der Waals surface area contributed by atoms with Crippen LogP contribution in [0.4, 0.5) is 10.5 Å². The standard InChI is InChI=1S/C18H30N4O2/c1-3-21(13-14-23)18(24)19-16(2)15-20-9-11-22(12-10-20)17-7-5-4-6-8-17/h4-8,16,23H,3,9-15H2,1-2H3,(H,19,24). The predicted octanol–water partition coefficient (Wildman–Crippen LogP) is 1.22. The Morgan fingerprint density at radius 1 is 1.25 bits per heavy atom. The number of hydrogen-bond acceptors (Lipinski definition) is 4. The summed E-state index contributed by atoms with van der Waals surface area (Å²) in [6.07, 6.45) is 0. The number of anilines is 1. The molecule has 2 amide bonds. The van der Waals surface area contributed by atoms with Crippen LogP contribution in [0.2, 0.25) is 0 Å². The second-order valence-electron chi connectivity index (χ2n) is 6.28. The van der Waals surface area contributed by atoms with Gasteiger partial charge in [0, 0.05) is 57.5 Å². The Balaban J connectivity index is 1.74. The van der Waals surface area contributed by atoms with Crippen molar-refractivity contribution in [1.82, 2.24) is 15.1 Å². The molecule has 134 valence electrons. The second-order valence-corrected chi connectivity index (χ2v) is 6.28. The van der Waals surface area contributed by atoms with Crippen LogP contribution in [0.1, 0.15) is 13.8 Å². The molecule has 0 bridgehead atoms. The van der Waals surface area contributed by atoms with Crippen LogP contribution in [0.3, 0.4) is 0 Å². The minimum Gasteiger partial charge on any atom is -0.395 e. The smallest absolute Gasteiger partial charge is 0.317 e. The van der Waals surface area contributed by atoms with Gasteiger partial charge >= 0.3 is 6.03 Å². The van der Waals surface area contributed by atoms with E-state index in [2.05, 4.69) is 39.4 Å². The number of para-hydroxylation sites is 1. The minimum atomic E-state index is -0.0954. The molecule has 6 nitrogen and oxygen atoms in total. The summed E-state index contributed by atoms with van der Waals surface area (Å²) in [6, 6.07) is 10.5. The summed E-state index contributed by atoms with van der Waals surface area (Å²) in [5, 5.41) is 12.0. The highest BCUT2D eigenvalue weighted by molar-refractivity contribution is 5.74. The van der Waals surface area contributed by atoms with Crippen LogP contribution in [0.5, 0.6) is 0 Å². The third kappa shape index (κ3) is 5.39. The predicted molar refractivity (Wildman–Crippen MR) is 97.4 cm³/mol. The zero-order chi connectivity index (χ0) is 17.4. The first-order valence-corrected chi connectivity index (χ1v) is 8.82. The number of nitrogens with zero attached hydrogens (tertiary/aromatic N) is 3. The molecule has 0 spiro atoms. The highest BCUT2D eigenvalue weighted by Crippen LogP contribution is 2.15. The van der Waals surface area contributed by atoms with Crippen molar-refractivity contribution in [3.8, 4) is 0 Å². The molecule has 0 saturated carbocycles. The van der Waals surface area contributed by atoms with Gasteiger partial charge in [0.05, 0.1) is 6.61 Å². The van der Waals surface area contributed by atoms with E-state index in [-0.39, 0.29) is 18.7 Å². The van der Waals surface area contributed by atoms with E-state index >= 15 is 0 Å². The summed E-state index contributed by atoms with van der Waals surface area (Å²) < 4.78 is 0. The van der Waals surface area contributed by atoms with Gasteiger partial charge in [-0.3, -0.25) is 4.90 Å². The molecule has 1 aliphatic heterocycles. The molecule has 1 fully saturated rings. The summed E-state index contributed by atoms with van der Waals surface area (Å²) in [4.78, 5) is 18.6. The largest absolute Gasteiger partial charge is 0.395 e. The topological polar surface area (TPSA) is 59.1 Å². The van der Waals surface area contributed by atoms with Crippen LogP contribution in [0.25, 0.3) is 0 Å². The zero-order valence-corrected chi connectivity index (χ0v) is 14.8. The van der Waals surface area contributed by atoms with Crippen LogP contribution < -0.4 is 10.2 Å². The van der Waals surface area contributed by atoms with Crippen molar-refractivity contribution >= 4 is 11.7 Å². The molecule has 1 unspecified atom stereocenters. The van der Waals surface area contributed by atoms with E-state index in [1.807, 2.05) is 19.9 Å². The van der Waals surface area contributed by atoms with E-state index < -0.39 is 0 Å². The fourth-order valence-corrected chi connectivity index (χ4v) is 3.09. The molecular formula is C18H30N4O2.